The first kappa shape index (κ1) is 18.0. The van der Waals surface area contributed by atoms with E-state index in [1.165, 1.54) is 0 Å². The van der Waals surface area contributed by atoms with Gasteiger partial charge in [0, 0.05) is 35.8 Å². The molecule has 26 heavy (non-hydrogen) atoms. The topological polar surface area (TPSA) is 61.1 Å². The summed E-state index contributed by atoms with van der Waals surface area (Å²) in [5, 5.41) is 8.36. The molecule has 1 N–H and O–H groups in total. The lowest BCUT2D eigenvalue weighted by molar-refractivity contribution is 0.102. The fourth-order valence-electron chi connectivity index (χ4n) is 3.25. The van der Waals surface area contributed by atoms with E-state index in [0.717, 1.165) is 53.1 Å². The van der Waals surface area contributed by atoms with Crippen LogP contribution >= 0.6 is 0 Å². The minimum Gasteiger partial charge on any atom is -0.497 e. The minimum absolute atomic E-state index is 0.122. The fourth-order valence-corrected chi connectivity index (χ4v) is 3.25. The number of methoxy groups -OCH3 is 1. The molecule has 0 saturated heterocycles. The molecule has 0 saturated carbocycles. The highest BCUT2D eigenvalue weighted by molar-refractivity contribution is 6.14. The zero-order valence-electron chi connectivity index (χ0n) is 16.1. The number of anilines is 1. The van der Waals surface area contributed by atoms with Crippen molar-refractivity contribution >= 4 is 22.6 Å². The molecule has 2 aromatic heterocycles. The lowest BCUT2D eigenvalue weighted by Crippen LogP contribution is -2.17. The van der Waals surface area contributed by atoms with Gasteiger partial charge in [-0.3, -0.25) is 4.79 Å². The molecule has 1 aromatic carbocycles. The van der Waals surface area contributed by atoms with Gasteiger partial charge in [-0.25, -0.2) is 4.68 Å². The predicted molar refractivity (Wildman–Crippen MR) is 104 cm³/mol. The summed E-state index contributed by atoms with van der Waals surface area (Å²) in [6.45, 7) is 6.86. The number of amides is 1. The molecule has 0 atom stereocenters. The fraction of sp³-hybridized carbons (Fsp3) is 0.400. The minimum atomic E-state index is -0.122. The summed E-state index contributed by atoms with van der Waals surface area (Å²) in [6.07, 6.45) is 3.90. The van der Waals surface area contributed by atoms with E-state index in [1.54, 1.807) is 13.3 Å². The highest BCUT2D eigenvalue weighted by Crippen LogP contribution is 2.29. The average molecular weight is 354 g/mol. The monoisotopic (exact) mass is 354 g/mol. The van der Waals surface area contributed by atoms with Gasteiger partial charge in [-0.1, -0.05) is 13.3 Å². The first-order valence-electron chi connectivity index (χ1n) is 8.94. The third kappa shape index (κ3) is 3.07. The van der Waals surface area contributed by atoms with E-state index in [-0.39, 0.29) is 5.91 Å². The Morgan fingerprint density at radius 2 is 2.08 bits per heavy atom. The van der Waals surface area contributed by atoms with Gasteiger partial charge in [-0.05, 0) is 38.5 Å². The summed E-state index contributed by atoms with van der Waals surface area (Å²) < 4.78 is 9.24. The Balaban J connectivity index is 2.01. The van der Waals surface area contributed by atoms with Crippen LogP contribution in [0.3, 0.4) is 0 Å². The normalized spacial score (nSPS) is 11.1. The first-order valence-corrected chi connectivity index (χ1v) is 8.94. The molecular weight excluding hydrogens is 328 g/mol. The number of aromatic nitrogens is 3. The molecule has 2 heterocycles. The second-order valence-corrected chi connectivity index (χ2v) is 6.61. The average Bonchev–Trinajstić information content (AvgIpc) is 3.10. The summed E-state index contributed by atoms with van der Waals surface area (Å²) in [5.41, 5.74) is 3.56. The van der Waals surface area contributed by atoms with Crippen molar-refractivity contribution in [3.63, 3.8) is 0 Å². The SMILES string of the molecule is CCCCn1ncc(C)c1NC(=O)c1c(C)n(C)c2ccc(OC)cc12. The Morgan fingerprint density at radius 1 is 1.31 bits per heavy atom. The van der Waals surface area contributed by atoms with Crippen LogP contribution < -0.4 is 10.1 Å². The summed E-state index contributed by atoms with van der Waals surface area (Å²) in [6, 6.07) is 5.81. The molecule has 0 aliphatic rings. The van der Waals surface area contributed by atoms with Crippen molar-refractivity contribution in [1.82, 2.24) is 14.3 Å². The number of benzene rings is 1. The van der Waals surface area contributed by atoms with E-state index in [4.69, 9.17) is 4.74 Å². The smallest absolute Gasteiger partial charge is 0.259 e. The van der Waals surface area contributed by atoms with E-state index in [0.29, 0.717) is 5.56 Å². The number of carbonyl (C=O) groups is 1. The van der Waals surface area contributed by atoms with Gasteiger partial charge in [-0.2, -0.15) is 5.10 Å². The third-order valence-electron chi connectivity index (χ3n) is 4.90. The van der Waals surface area contributed by atoms with Crippen LogP contribution in [-0.4, -0.2) is 27.4 Å². The van der Waals surface area contributed by atoms with Crippen LogP contribution in [-0.2, 0) is 13.6 Å². The van der Waals surface area contributed by atoms with Crippen molar-refractivity contribution in [3.8, 4) is 5.75 Å². The van der Waals surface area contributed by atoms with Crippen LogP contribution in [0.15, 0.2) is 24.4 Å². The number of nitrogens with zero attached hydrogens (tertiary/aromatic N) is 3. The number of unbranched alkanes of at least 4 members (excludes halogenated alkanes) is 1. The van der Waals surface area contributed by atoms with Crippen LogP contribution in [0.4, 0.5) is 5.82 Å². The Kier molecular flexibility index (Phi) is 5.02. The lowest BCUT2D eigenvalue weighted by Gasteiger charge is -2.10. The maximum atomic E-state index is 13.1. The van der Waals surface area contributed by atoms with Crippen molar-refractivity contribution in [2.75, 3.05) is 12.4 Å². The standard InChI is InChI=1S/C20H26N4O2/c1-6-7-10-24-19(13(2)12-21-24)22-20(25)18-14(3)23(4)17-9-8-15(26-5)11-16(17)18/h8-9,11-12H,6-7,10H2,1-5H3,(H,22,25). The van der Waals surface area contributed by atoms with Gasteiger partial charge in [0.2, 0.25) is 0 Å². The summed E-state index contributed by atoms with van der Waals surface area (Å²) in [5.74, 6) is 1.38. The van der Waals surface area contributed by atoms with E-state index in [1.807, 2.05) is 48.3 Å². The van der Waals surface area contributed by atoms with Crippen LogP contribution in [0, 0.1) is 13.8 Å². The van der Waals surface area contributed by atoms with Gasteiger partial charge < -0.3 is 14.6 Å². The number of rotatable bonds is 6. The third-order valence-corrected chi connectivity index (χ3v) is 4.90. The molecule has 0 radical (unpaired) electrons. The molecule has 0 aliphatic carbocycles. The van der Waals surface area contributed by atoms with Gasteiger partial charge in [0.15, 0.2) is 0 Å². The number of hydrogen-bond acceptors (Lipinski definition) is 3. The number of fused-ring (bicyclic) bond motifs is 1. The van der Waals surface area contributed by atoms with Gasteiger partial charge in [0.1, 0.15) is 11.6 Å². The highest BCUT2D eigenvalue weighted by atomic mass is 16.5. The molecule has 1 amide bonds. The molecule has 0 fully saturated rings. The zero-order chi connectivity index (χ0) is 18.8. The number of hydrogen-bond donors (Lipinski definition) is 1. The van der Waals surface area contributed by atoms with Gasteiger partial charge in [0.25, 0.3) is 5.91 Å². The molecule has 0 unspecified atom stereocenters. The number of ether oxygens (including phenoxy) is 1. The second-order valence-electron chi connectivity index (χ2n) is 6.61. The van der Waals surface area contributed by atoms with Crippen LogP contribution in [0.2, 0.25) is 0 Å². The Labute approximate surface area is 153 Å². The number of carbonyl (C=O) groups excluding carboxylic acids is 1. The van der Waals surface area contributed by atoms with E-state index in [2.05, 4.69) is 17.3 Å². The Hall–Kier alpha value is -2.76. The lowest BCUT2D eigenvalue weighted by atomic mass is 10.1. The molecule has 3 aromatic rings. The molecule has 6 nitrogen and oxygen atoms in total. The maximum Gasteiger partial charge on any atom is 0.259 e. The molecular formula is C20H26N4O2. The molecule has 0 aliphatic heterocycles. The van der Waals surface area contributed by atoms with E-state index < -0.39 is 0 Å². The van der Waals surface area contributed by atoms with Crippen molar-refractivity contribution in [3.05, 3.63) is 41.2 Å². The number of nitrogens with one attached hydrogen (secondary N) is 1. The van der Waals surface area contributed by atoms with E-state index in [9.17, 15) is 4.79 Å². The van der Waals surface area contributed by atoms with Gasteiger partial charge in [-0.15, -0.1) is 0 Å². The molecule has 0 bridgehead atoms. The molecule has 0 spiro atoms. The van der Waals surface area contributed by atoms with Crippen molar-refractivity contribution in [1.29, 1.82) is 0 Å². The quantitative estimate of drug-likeness (QED) is 0.726. The van der Waals surface area contributed by atoms with Crippen LogP contribution in [0.5, 0.6) is 5.75 Å². The van der Waals surface area contributed by atoms with Gasteiger partial charge in [0.05, 0.1) is 18.9 Å². The maximum absolute atomic E-state index is 13.1. The van der Waals surface area contributed by atoms with Gasteiger partial charge >= 0.3 is 0 Å². The summed E-state index contributed by atoms with van der Waals surface area (Å²) in [4.78, 5) is 13.1. The Bertz CT molecular complexity index is 953. The second kappa shape index (κ2) is 7.23. The zero-order valence-corrected chi connectivity index (χ0v) is 16.1. The Morgan fingerprint density at radius 3 is 2.77 bits per heavy atom. The van der Waals surface area contributed by atoms with Crippen molar-refractivity contribution < 1.29 is 9.53 Å². The predicted octanol–water partition coefficient (Wildman–Crippen LogP) is 4.05. The summed E-state index contributed by atoms with van der Waals surface area (Å²) in [7, 11) is 3.60. The highest BCUT2D eigenvalue weighted by Gasteiger charge is 2.21. The molecule has 3 rings (SSSR count). The largest absolute Gasteiger partial charge is 0.497 e. The van der Waals surface area contributed by atoms with Crippen molar-refractivity contribution in [2.24, 2.45) is 7.05 Å². The van der Waals surface area contributed by atoms with E-state index >= 15 is 0 Å². The molecule has 6 heteroatoms. The number of aryl methyl sites for hydroxylation is 3. The van der Waals surface area contributed by atoms with Crippen LogP contribution in [0.1, 0.15) is 41.4 Å². The molecule has 138 valence electrons. The van der Waals surface area contributed by atoms with Crippen molar-refractivity contribution in [2.45, 2.75) is 40.2 Å². The van der Waals surface area contributed by atoms with Crippen LogP contribution in [0.25, 0.3) is 10.9 Å². The summed E-state index contributed by atoms with van der Waals surface area (Å²) >= 11 is 0. The first-order chi connectivity index (χ1) is 12.5.